The summed E-state index contributed by atoms with van der Waals surface area (Å²) in [6.45, 7) is 0. The van der Waals surface area contributed by atoms with Gasteiger partial charge < -0.3 is 0 Å². The van der Waals surface area contributed by atoms with Crippen LogP contribution < -0.4 is 0 Å². The van der Waals surface area contributed by atoms with E-state index in [-0.39, 0.29) is 0 Å². The first-order chi connectivity index (χ1) is 6.79. The lowest BCUT2D eigenvalue weighted by molar-refractivity contribution is -0.353. The van der Waals surface area contributed by atoms with Gasteiger partial charge in [0.15, 0.2) is 5.38 Å². The van der Waals surface area contributed by atoms with Crippen molar-refractivity contribution < 1.29 is 35.5 Å². The average Bonchev–Trinajstić information content (AvgIpc) is 1.97. The fourth-order valence-electron chi connectivity index (χ4n) is 0.417. The minimum atomic E-state index is -5.51. The number of ether oxygens (including phenoxy) is 1. The molecule has 0 aromatic carbocycles. The predicted octanol–water partition coefficient (Wildman–Crippen LogP) is 4.16. The first-order valence-electron chi connectivity index (χ1n) is 3.26. The Morgan fingerprint density at radius 3 is 1.56 bits per heavy atom. The Labute approximate surface area is 99.4 Å². The van der Waals surface area contributed by atoms with Gasteiger partial charge >= 0.3 is 16.9 Å². The third-order valence-corrected chi connectivity index (χ3v) is 2.17. The quantitative estimate of drug-likeness (QED) is 0.546. The van der Waals surface area contributed by atoms with Gasteiger partial charge in [-0.15, -0.1) is 11.6 Å². The molecule has 0 N–H and O–H groups in total. The largest absolute Gasteiger partial charge is 0.437 e. The predicted molar refractivity (Wildman–Crippen MR) is 42.2 cm³/mol. The highest BCUT2D eigenvalue weighted by Gasteiger charge is 2.60. The van der Waals surface area contributed by atoms with Crippen molar-refractivity contribution in [2.45, 2.75) is 28.6 Å². The molecule has 0 aromatic rings. The lowest BCUT2D eigenvalue weighted by Gasteiger charge is -2.25. The number of alkyl halides is 10. The lowest BCUT2D eigenvalue weighted by atomic mass is 10.4. The molecule has 0 rings (SSSR count). The average molecular weight is 317 g/mol. The van der Waals surface area contributed by atoms with Crippen LogP contribution >= 0.6 is 34.8 Å². The Morgan fingerprint density at radius 2 is 1.31 bits per heavy atom. The molecule has 2 unspecified atom stereocenters. The first kappa shape index (κ1) is 16.3. The van der Waals surface area contributed by atoms with E-state index in [1.807, 2.05) is 0 Å². The Kier molecular flexibility index (Phi) is 5.02. The van der Waals surface area contributed by atoms with E-state index in [9.17, 15) is 30.7 Å². The van der Waals surface area contributed by atoms with Crippen LogP contribution in [-0.2, 0) is 4.74 Å². The van der Waals surface area contributed by atoms with Gasteiger partial charge in [-0.2, -0.15) is 26.3 Å². The van der Waals surface area contributed by atoms with Crippen LogP contribution in [-0.4, -0.2) is 28.6 Å². The van der Waals surface area contributed by atoms with Crippen molar-refractivity contribution in [3.05, 3.63) is 0 Å². The van der Waals surface area contributed by atoms with Crippen LogP contribution in [0, 0.1) is 0 Å². The van der Waals surface area contributed by atoms with Crippen molar-refractivity contribution in [3.63, 3.8) is 0 Å². The number of hydrogen-bond acceptors (Lipinski definition) is 1. The number of rotatable bonds is 5. The number of halogens is 10. The molecule has 16 heavy (non-hydrogen) atoms. The highest BCUT2D eigenvalue weighted by atomic mass is 35.5. The van der Waals surface area contributed by atoms with Crippen LogP contribution in [0.25, 0.3) is 0 Å². The summed E-state index contributed by atoms with van der Waals surface area (Å²) in [5, 5.41) is -12.8. The van der Waals surface area contributed by atoms with Crippen molar-refractivity contribution in [1.29, 1.82) is 0 Å². The molecular weight excluding hydrogens is 315 g/mol. The first-order valence-corrected chi connectivity index (χ1v) is 4.45. The Morgan fingerprint density at radius 1 is 0.938 bits per heavy atom. The molecule has 0 heterocycles. The van der Waals surface area contributed by atoms with Gasteiger partial charge in [-0.1, -0.05) is 0 Å². The second kappa shape index (κ2) is 4.91. The van der Waals surface area contributed by atoms with Gasteiger partial charge in [-0.25, -0.2) is 4.39 Å². The smallest absolute Gasteiger partial charge is 0.278 e. The van der Waals surface area contributed by atoms with Gasteiger partial charge in [-0.3, -0.25) is 4.74 Å². The molecule has 2 atom stereocenters. The molecule has 0 radical (unpaired) electrons. The van der Waals surface area contributed by atoms with Crippen LogP contribution in [0.1, 0.15) is 0 Å². The highest BCUT2D eigenvalue weighted by Crippen LogP contribution is 2.42. The van der Waals surface area contributed by atoms with Gasteiger partial charge in [0.2, 0.25) is 6.36 Å². The zero-order valence-corrected chi connectivity index (χ0v) is 9.11. The molecule has 0 aromatic heterocycles. The molecule has 0 spiro atoms. The minimum absolute atomic E-state index is 2.71. The summed E-state index contributed by atoms with van der Waals surface area (Å²) in [5.41, 5.74) is 0. The molecule has 0 fully saturated rings. The van der Waals surface area contributed by atoms with Crippen molar-refractivity contribution in [3.8, 4) is 0 Å². The molecule has 0 saturated heterocycles. The van der Waals surface area contributed by atoms with E-state index in [1.165, 1.54) is 0 Å². The summed E-state index contributed by atoms with van der Waals surface area (Å²) in [6, 6.07) is 0. The van der Waals surface area contributed by atoms with Gasteiger partial charge in [0.25, 0.3) is 0 Å². The maximum atomic E-state index is 12.5. The van der Waals surface area contributed by atoms with Gasteiger partial charge in [-0.05, 0) is 23.2 Å². The molecular formula is C5H2Cl3F7O. The third-order valence-electron chi connectivity index (χ3n) is 1.13. The van der Waals surface area contributed by atoms with E-state index in [1.54, 1.807) is 0 Å². The maximum Gasteiger partial charge on any atom is 0.437 e. The Hall–Kier alpha value is 0.340. The van der Waals surface area contributed by atoms with Gasteiger partial charge in [0.1, 0.15) is 0 Å². The molecule has 0 saturated carbocycles. The molecule has 0 aliphatic carbocycles. The minimum Gasteiger partial charge on any atom is -0.278 e. The lowest BCUT2D eigenvalue weighted by Crippen LogP contribution is -2.45. The van der Waals surface area contributed by atoms with Crippen LogP contribution in [0.2, 0.25) is 0 Å². The van der Waals surface area contributed by atoms with E-state index < -0.39 is 28.6 Å². The van der Waals surface area contributed by atoms with Crippen LogP contribution in [0.3, 0.4) is 0 Å². The SMILES string of the molecule is FC(OC(F)(F)C(F)(F)Cl)C(Cl)C(F)(F)Cl. The molecule has 0 aliphatic heterocycles. The topological polar surface area (TPSA) is 9.23 Å². The maximum absolute atomic E-state index is 12.5. The molecule has 0 bridgehead atoms. The summed E-state index contributed by atoms with van der Waals surface area (Å²) in [7, 11) is 0. The summed E-state index contributed by atoms with van der Waals surface area (Å²) in [6.07, 6.45) is -9.16. The van der Waals surface area contributed by atoms with E-state index in [2.05, 4.69) is 39.5 Å². The summed E-state index contributed by atoms with van der Waals surface area (Å²) >= 11 is 12.6. The van der Waals surface area contributed by atoms with Gasteiger partial charge in [0.05, 0.1) is 0 Å². The van der Waals surface area contributed by atoms with E-state index in [0.29, 0.717) is 0 Å². The summed E-state index contributed by atoms with van der Waals surface area (Å²) < 4.78 is 87.7. The molecule has 1 nitrogen and oxygen atoms in total. The second-order valence-electron chi connectivity index (χ2n) is 2.43. The fraction of sp³-hybridized carbons (Fsp3) is 1.00. The van der Waals surface area contributed by atoms with E-state index in [4.69, 9.17) is 0 Å². The van der Waals surface area contributed by atoms with Crippen LogP contribution in [0.5, 0.6) is 0 Å². The summed E-state index contributed by atoms with van der Waals surface area (Å²) in [4.78, 5) is 0. The Bertz CT molecular complexity index is 237. The second-order valence-corrected chi connectivity index (χ2v) is 3.88. The number of hydrogen-bond donors (Lipinski definition) is 0. The monoisotopic (exact) mass is 316 g/mol. The van der Waals surface area contributed by atoms with Crippen molar-refractivity contribution >= 4 is 34.8 Å². The fourth-order valence-corrected chi connectivity index (χ4v) is 0.612. The third kappa shape index (κ3) is 4.31. The standard InChI is InChI=1S/C5H2Cl3F7O/c6-1(3(7,10)11)2(9)16-5(14,15)4(8,12)13/h1-2H. The van der Waals surface area contributed by atoms with Crippen LogP contribution in [0.4, 0.5) is 30.7 Å². The molecule has 98 valence electrons. The highest BCUT2D eigenvalue weighted by molar-refractivity contribution is 6.31. The van der Waals surface area contributed by atoms with Crippen molar-refractivity contribution in [2.24, 2.45) is 0 Å². The van der Waals surface area contributed by atoms with E-state index in [0.717, 1.165) is 0 Å². The normalized spacial score (nSPS) is 18.4. The zero-order valence-electron chi connectivity index (χ0n) is 6.84. The summed E-state index contributed by atoms with van der Waals surface area (Å²) in [5.74, 6) is 0. The molecule has 0 aliphatic rings. The molecule has 11 heteroatoms. The van der Waals surface area contributed by atoms with Crippen molar-refractivity contribution in [2.75, 3.05) is 0 Å². The van der Waals surface area contributed by atoms with E-state index >= 15 is 0 Å². The molecule has 0 amide bonds. The van der Waals surface area contributed by atoms with Crippen molar-refractivity contribution in [1.82, 2.24) is 0 Å². The van der Waals surface area contributed by atoms with Gasteiger partial charge in [0, 0.05) is 0 Å². The Balaban J connectivity index is 4.64. The van der Waals surface area contributed by atoms with Crippen LogP contribution in [0.15, 0.2) is 0 Å². The zero-order chi connectivity index (χ0) is 13.4.